The summed E-state index contributed by atoms with van der Waals surface area (Å²) in [6.07, 6.45) is 1.02. The number of hydrogen-bond donors (Lipinski definition) is 2. The van der Waals surface area contributed by atoms with E-state index in [4.69, 9.17) is 4.74 Å². The molecule has 0 amide bonds. The van der Waals surface area contributed by atoms with Crippen LogP contribution in [0.5, 0.6) is 0 Å². The Bertz CT molecular complexity index is 512. The van der Waals surface area contributed by atoms with Crippen molar-refractivity contribution >= 4 is 21.4 Å². The number of nitrogens with one attached hydrogen (secondary N) is 2. The molecule has 0 spiro atoms. The second kappa shape index (κ2) is 8.85. The first-order chi connectivity index (χ1) is 9.92. The van der Waals surface area contributed by atoms with Crippen LogP contribution in [0.15, 0.2) is 16.3 Å². The van der Waals surface area contributed by atoms with Gasteiger partial charge in [-0.25, -0.2) is 13.1 Å². The van der Waals surface area contributed by atoms with Crippen LogP contribution in [0.1, 0.15) is 32.1 Å². The van der Waals surface area contributed by atoms with Crippen molar-refractivity contribution in [2.24, 2.45) is 5.92 Å². The van der Waals surface area contributed by atoms with Crippen LogP contribution >= 0.6 is 11.3 Å². The highest BCUT2D eigenvalue weighted by Crippen LogP contribution is 2.22. The molecule has 0 fully saturated rings. The smallest absolute Gasteiger partial charge is 0.242 e. The Hall–Kier alpha value is -0.470. The Labute approximate surface area is 132 Å². The highest BCUT2D eigenvalue weighted by atomic mass is 32.2. The lowest BCUT2D eigenvalue weighted by atomic mass is 10.1. The molecule has 5 nitrogen and oxygen atoms in total. The maximum Gasteiger partial charge on any atom is 0.242 e. The molecule has 1 aromatic heterocycles. The predicted octanol–water partition coefficient (Wildman–Crippen LogP) is 2.20. The Morgan fingerprint density at radius 2 is 2.10 bits per heavy atom. The number of hydrogen-bond acceptors (Lipinski definition) is 5. The van der Waals surface area contributed by atoms with Crippen molar-refractivity contribution in [3.8, 4) is 0 Å². The average molecular weight is 335 g/mol. The number of thiophene rings is 1. The Balaban J connectivity index is 2.84. The molecule has 122 valence electrons. The predicted molar refractivity (Wildman–Crippen MR) is 87.1 cm³/mol. The monoisotopic (exact) mass is 334 g/mol. The quantitative estimate of drug-likeness (QED) is 0.644. The van der Waals surface area contributed by atoms with Crippen LogP contribution < -0.4 is 10.0 Å². The minimum atomic E-state index is -3.51. The molecular weight excluding hydrogens is 308 g/mol. The Morgan fingerprint density at radius 1 is 1.38 bits per heavy atom. The maximum absolute atomic E-state index is 12.5. The number of methoxy groups -OCH3 is 1. The zero-order valence-corrected chi connectivity index (χ0v) is 14.8. The SMILES string of the molecule is CCCNCc1sccc1S(=O)(=O)NC(COC)C(C)C. The first kappa shape index (κ1) is 18.6. The molecule has 1 rings (SSSR count). The third-order valence-electron chi connectivity index (χ3n) is 3.16. The van der Waals surface area contributed by atoms with E-state index in [0.29, 0.717) is 18.0 Å². The molecule has 1 unspecified atom stereocenters. The van der Waals surface area contributed by atoms with E-state index < -0.39 is 10.0 Å². The molecule has 0 radical (unpaired) electrons. The zero-order valence-electron chi connectivity index (χ0n) is 13.2. The molecule has 0 aromatic carbocycles. The first-order valence-corrected chi connectivity index (χ1v) is 9.57. The standard InChI is InChI=1S/C14H26N2O3S2/c1-5-7-15-9-13-14(6-8-20-13)21(17,18)16-12(10-19-4)11(2)3/h6,8,11-12,15-16H,5,7,9-10H2,1-4H3. The van der Waals surface area contributed by atoms with Gasteiger partial charge in [-0.3, -0.25) is 0 Å². The summed E-state index contributed by atoms with van der Waals surface area (Å²) in [6.45, 7) is 7.86. The molecule has 0 bridgehead atoms. The average Bonchev–Trinajstić information content (AvgIpc) is 2.87. The summed E-state index contributed by atoms with van der Waals surface area (Å²) in [7, 11) is -1.93. The molecular formula is C14H26N2O3S2. The van der Waals surface area contributed by atoms with E-state index in [1.165, 1.54) is 11.3 Å². The molecule has 1 heterocycles. The Morgan fingerprint density at radius 3 is 2.67 bits per heavy atom. The minimum Gasteiger partial charge on any atom is -0.383 e. The summed E-state index contributed by atoms with van der Waals surface area (Å²) in [5, 5.41) is 5.06. The van der Waals surface area contributed by atoms with Crippen LogP contribution in [-0.4, -0.2) is 34.7 Å². The molecule has 0 saturated heterocycles. The summed E-state index contributed by atoms with van der Waals surface area (Å²) < 4.78 is 33.0. The lowest BCUT2D eigenvalue weighted by molar-refractivity contribution is 0.157. The summed E-state index contributed by atoms with van der Waals surface area (Å²) >= 11 is 1.46. The third kappa shape index (κ3) is 5.67. The summed E-state index contributed by atoms with van der Waals surface area (Å²) in [6, 6.07) is 1.44. The third-order valence-corrected chi connectivity index (χ3v) is 5.79. The van der Waals surface area contributed by atoms with Gasteiger partial charge in [-0.1, -0.05) is 20.8 Å². The second-order valence-electron chi connectivity index (χ2n) is 5.31. The van der Waals surface area contributed by atoms with Gasteiger partial charge in [0.25, 0.3) is 0 Å². The fourth-order valence-corrected chi connectivity index (χ4v) is 4.66. The minimum absolute atomic E-state index is 0.167. The second-order valence-corrected chi connectivity index (χ2v) is 8.00. The van der Waals surface area contributed by atoms with Gasteiger partial charge in [-0.05, 0) is 30.3 Å². The van der Waals surface area contributed by atoms with E-state index in [2.05, 4.69) is 17.0 Å². The largest absolute Gasteiger partial charge is 0.383 e. The van der Waals surface area contributed by atoms with E-state index in [-0.39, 0.29) is 12.0 Å². The van der Waals surface area contributed by atoms with Gasteiger partial charge in [0.2, 0.25) is 10.0 Å². The topological polar surface area (TPSA) is 67.4 Å². The highest BCUT2D eigenvalue weighted by molar-refractivity contribution is 7.89. The van der Waals surface area contributed by atoms with Gasteiger partial charge in [0.1, 0.15) is 0 Å². The van der Waals surface area contributed by atoms with Gasteiger partial charge in [0, 0.05) is 24.6 Å². The van der Waals surface area contributed by atoms with E-state index >= 15 is 0 Å². The van der Waals surface area contributed by atoms with Gasteiger partial charge in [0.05, 0.1) is 11.5 Å². The molecule has 0 aliphatic rings. The van der Waals surface area contributed by atoms with Crippen LogP contribution in [0.2, 0.25) is 0 Å². The van der Waals surface area contributed by atoms with Crippen molar-refractivity contribution in [2.45, 2.75) is 44.7 Å². The van der Waals surface area contributed by atoms with Crippen LogP contribution in [0, 0.1) is 5.92 Å². The van der Waals surface area contributed by atoms with E-state index in [0.717, 1.165) is 17.8 Å². The fraction of sp³-hybridized carbons (Fsp3) is 0.714. The summed E-state index contributed by atoms with van der Waals surface area (Å²) in [4.78, 5) is 1.22. The fourth-order valence-electron chi connectivity index (χ4n) is 1.88. The van der Waals surface area contributed by atoms with Gasteiger partial charge in [-0.15, -0.1) is 11.3 Å². The Kier molecular flexibility index (Phi) is 7.83. The van der Waals surface area contributed by atoms with Crippen LogP contribution in [0.3, 0.4) is 0 Å². The van der Waals surface area contributed by atoms with Gasteiger partial charge in [0.15, 0.2) is 0 Å². The lowest BCUT2D eigenvalue weighted by Gasteiger charge is -2.21. The van der Waals surface area contributed by atoms with E-state index in [9.17, 15) is 8.42 Å². The van der Waals surface area contributed by atoms with Gasteiger partial charge >= 0.3 is 0 Å². The van der Waals surface area contributed by atoms with E-state index in [1.807, 2.05) is 19.2 Å². The molecule has 1 atom stereocenters. The number of rotatable bonds is 10. The normalized spacial score (nSPS) is 13.8. The van der Waals surface area contributed by atoms with Crippen LogP contribution in [0.4, 0.5) is 0 Å². The molecule has 1 aromatic rings. The van der Waals surface area contributed by atoms with Crippen molar-refractivity contribution in [2.75, 3.05) is 20.3 Å². The van der Waals surface area contributed by atoms with Crippen molar-refractivity contribution in [1.82, 2.24) is 10.0 Å². The van der Waals surface area contributed by atoms with Crippen molar-refractivity contribution in [3.63, 3.8) is 0 Å². The zero-order chi connectivity index (χ0) is 15.9. The highest BCUT2D eigenvalue weighted by Gasteiger charge is 2.25. The summed E-state index contributed by atoms with van der Waals surface area (Å²) in [5.74, 6) is 0.167. The van der Waals surface area contributed by atoms with E-state index in [1.54, 1.807) is 13.2 Å². The van der Waals surface area contributed by atoms with Gasteiger partial charge in [-0.2, -0.15) is 0 Å². The first-order valence-electron chi connectivity index (χ1n) is 7.20. The van der Waals surface area contributed by atoms with Crippen molar-refractivity contribution in [3.05, 3.63) is 16.3 Å². The lowest BCUT2D eigenvalue weighted by Crippen LogP contribution is -2.41. The van der Waals surface area contributed by atoms with Crippen molar-refractivity contribution in [1.29, 1.82) is 0 Å². The van der Waals surface area contributed by atoms with Gasteiger partial charge < -0.3 is 10.1 Å². The molecule has 0 saturated carbocycles. The number of ether oxygens (including phenoxy) is 1. The van der Waals surface area contributed by atoms with Crippen LogP contribution in [0.25, 0.3) is 0 Å². The molecule has 2 N–H and O–H groups in total. The molecule has 21 heavy (non-hydrogen) atoms. The molecule has 0 aliphatic carbocycles. The molecule has 7 heteroatoms. The summed E-state index contributed by atoms with van der Waals surface area (Å²) in [5.41, 5.74) is 0. The number of sulfonamides is 1. The van der Waals surface area contributed by atoms with Crippen molar-refractivity contribution < 1.29 is 13.2 Å². The molecule has 0 aliphatic heterocycles. The maximum atomic E-state index is 12.5. The van der Waals surface area contributed by atoms with Crippen LogP contribution in [-0.2, 0) is 21.3 Å².